The molecule has 0 radical (unpaired) electrons. The first kappa shape index (κ1) is 30.3. The van der Waals surface area contributed by atoms with Crippen LogP contribution in [0.5, 0.6) is 0 Å². The summed E-state index contributed by atoms with van der Waals surface area (Å²) in [6.45, 7) is 9.14. The maximum absolute atomic E-state index is 4.03. The molecule has 2 nitrogen and oxygen atoms in total. The van der Waals surface area contributed by atoms with E-state index in [0.717, 1.165) is 32.6 Å². The summed E-state index contributed by atoms with van der Waals surface area (Å²) in [5.41, 5.74) is 5.64. The Labute approximate surface area is 255 Å². The second-order valence-electron chi connectivity index (χ2n) is 12.2. The number of hydrogen-bond acceptors (Lipinski definition) is 2. The number of likely N-dealkylation sites (tertiary alicyclic amines) is 1. The summed E-state index contributed by atoms with van der Waals surface area (Å²) >= 11 is 0. The van der Waals surface area contributed by atoms with Crippen molar-refractivity contribution in [3.05, 3.63) is 144 Å². The number of nitrogens with one attached hydrogen (secondary N) is 1. The fourth-order valence-corrected chi connectivity index (χ4v) is 7.59. The summed E-state index contributed by atoms with van der Waals surface area (Å²) in [6.07, 6.45) is 8.46. The van der Waals surface area contributed by atoms with Gasteiger partial charge in [0.1, 0.15) is 0 Å². The van der Waals surface area contributed by atoms with Gasteiger partial charge in [0.25, 0.3) is 0 Å². The molecule has 1 aliphatic heterocycles. The molecule has 0 aliphatic carbocycles. The third-order valence-electron chi connectivity index (χ3n) is 9.95. The normalized spacial score (nSPS) is 16.2. The van der Waals surface area contributed by atoms with Crippen LogP contribution in [0.2, 0.25) is 0 Å². The van der Waals surface area contributed by atoms with Crippen LogP contribution in [0.4, 0.5) is 0 Å². The van der Waals surface area contributed by atoms with E-state index in [1.54, 1.807) is 0 Å². The van der Waals surface area contributed by atoms with Gasteiger partial charge in [0.15, 0.2) is 0 Å². The van der Waals surface area contributed by atoms with Crippen LogP contribution in [0.15, 0.2) is 121 Å². The molecule has 1 atom stereocenters. The number of hydrogen-bond donors (Lipinski definition) is 1. The highest BCUT2D eigenvalue weighted by atomic mass is 15.1. The molecule has 1 heterocycles. The molecule has 0 spiro atoms. The Bertz CT molecular complexity index is 1200. The summed E-state index contributed by atoms with van der Waals surface area (Å²) in [4.78, 5) is 2.74. The average molecular weight is 559 g/mol. The molecule has 1 saturated heterocycles. The first-order valence-electron chi connectivity index (χ1n) is 16.4. The van der Waals surface area contributed by atoms with Crippen LogP contribution in [0.3, 0.4) is 0 Å². The fraction of sp³-hybridized carbons (Fsp3) is 0.400. The molecule has 4 aromatic rings. The lowest BCUT2D eigenvalue weighted by atomic mass is 9.65. The molecule has 0 amide bonds. The van der Waals surface area contributed by atoms with Crippen LogP contribution in [0.1, 0.15) is 81.0 Å². The molecule has 0 aromatic heterocycles. The molecule has 1 aliphatic rings. The number of unbranched alkanes of at least 4 members (excludes halogenated alkanes) is 2. The second-order valence-corrected chi connectivity index (χ2v) is 12.2. The van der Waals surface area contributed by atoms with Gasteiger partial charge in [0.05, 0.1) is 0 Å². The summed E-state index contributed by atoms with van der Waals surface area (Å²) in [5, 5.41) is 4.03. The third kappa shape index (κ3) is 6.56. The van der Waals surface area contributed by atoms with Crippen molar-refractivity contribution < 1.29 is 0 Å². The van der Waals surface area contributed by atoms with E-state index in [1.165, 1.54) is 60.8 Å². The number of rotatable bonds is 14. The van der Waals surface area contributed by atoms with Crippen LogP contribution in [0.25, 0.3) is 0 Å². The van der Waals surface area contributed by atoms with Crippen molar-refractivity contribution in [1.82, 2.24) is 10.2 Å². The second kappa shape index (κ2) is 14.8. The minimum atomic E-state index is -0.190. The van der Waals surface area contributed by atoms with Crippen molar-refractivity contribution >= 4 is 0 Å². The Morgan fingerprint density at radius 3 is 1.60 bits per heavy atom. The minimum absolute atomic E-state index is 0.189. The maximum atomic E-state index is 4.03. The van der Waals surface area contributed by atoms with Crippen molar-refractivity contribution in [2.24, 2.45) is 0 Å². The van der Waals surface area contributed by atoms with Crippen LogP contribution >= 0.6 is 0 Å². The van der Waals surface area contributed by atoms with Gasteiger partial charge in [-0.1, -0.05) is 148 Å². The number of piperidine rings is 1. The van der Waals surface area contributed by atoms with Crippen LogP contribution < -0.4 is 5.32 Å². The predicted molar refractivity (Wildman–Crippen MR) is 179 cm³/mol. The Morgan fingerprint density at radius 2 is 1.14 bits per heavy atom. The molecular weight excluding hydrogens is 508 g/mol. The van der Waals surface area contributed by atoms with Gasteiger partial charge in [0.2, 0.25) is 0 Å². The summed E-state index contributed by atoms with van der Waals surface area (Å²) in [7, 11) is 0. The van der Waals surface area contributed by atoms with Crippen LogP contribution in [-0.2, 0) is 10.8 Å². The molecule has 4 aromatic carbocycles. The van der Waals surface area contributed by atoms with E-state index in [-0.39, 0.29) is 10.8 Å². The van der Waals surface area contributed by atoms with E-state index in [4.69, 9.17) is 0 Å². The highest BCUT2D eigenvalue weighted by molar-refractivity contribution is 5.50. The summed E-state index contributed by atoms with van der Waals surface area (Å²) in [5.74, 6) is 0. The summed E-state index contributed by atoms with van der Waals surface area (Å²) in [6, 6.07) is 45.5. The molecular formula is C40H50N2. The predicted octanol–water partition coefficient (Wildman–Crippen LogP) is 9.00. The minimum Gasteiger partial charge on any atom is -0.313 e. The monoisotopic (exact) mass is 558 g/mol. The van der Waals surface area contributed by atoms with Gasteiger partial charge < -0.3 is 10.2 Å². The molecule has 0 saturated carbocycles. The van der Waals surface area contributed by atoms with Crippen molar-refractivity contribution in [3.63, 3.8) is 0 Å². The third-order valence-corrected chi connectivity index (χ3v) is 9.95. The van der Waals surface area contributed by atoms with Gasteiger partial charge in [-0.2, -0.15) is 0 Å². The fourth-order valence-electron chi connectivity index (χ4n) is 7.59. The summed E-state index contributed by atoms with van der Waals surface area (Å²) < 4.78 is 0. The van der Waals surface area contributed by atoms with E-state index in [0.29, 0.717) is 6.04 Å². The Balaban J connectivity index is 1.40. The zero-order valence-corrected chi connectivity index (χ0v) is 25.8. The number of nitrogens with zero attached hydrogens (tertiary/aromatic N) is 1. The first-order valence-corrected chi connectivity index (χ1v) is 16.4. The standard InChI is InChI=1S/C40H50N2/c1-3-5-18-30-41-38(4-2)39(34-19-10-6-11-20-34)27-31-42(32-28-39)33-29-40(35-21-12-7-13-22-35,36-23-14-8-15-24-36)37-25-16-9-17-26-37/h6-17,19-26,38,41H,3-5,18,27-33H2,1-2H3. The van der Waals surface area contributed by atoms with Gasteiger partial charge in [-0.3, -0.25) is 0 Å². The highest BCUT2D eigenvalue weighted by Crippen LogP contribution is 2.44. The molecule has 5 rings (SSSR count). The average Bonchev–Trinajstić information content (AvgIpc) is 3.07. The van der Waals surface area contributed by atoms with Crippen molar-refractivity contribution in [2.75, 3.05) is 26.2 Å². The molecule has 42 heavy (non-hydrogen) atoms. The molecule has 2 heteroatoms. The van der Waals surface area contributed by atoms with E-state index in [2.05, 4.69) is 145 Å². The molecule has 220 valence electrons. The Hall–Kier alpha value is -3.20. The van der Waals surface area contributed by atoms with Gasteiger partial charge in [-0.25, -0.2) is 0 Å². The van der Waals surface area contributed by atoms with Gasteiger partial charge in [-0.05, 0) is 80.5 Å². The smallest absolute Gasteiger partial charge is 0.0463 e. The van der Waals surface area contributed by atoms with Crippen molar-refractivity contribution in [1.29, 1.82) is 0 Å². The van der Waals surface area contributed by atoms with E-state index in [1.807, 2.05) is 0 Å². The molecule has 1 fully saturated rings. The first-order chi connectivity index (χ1) is 20.7. The van der Waals surface area contributed by atoms with Crippen molar-refractivity contribution in [2.45, 2.75) is 75.7 Å². The SMILES string of the molecule is CCCCCNC(CC)C1(c2ccccc2)CCN(CCC(c2ccccc2)(c2ccccc2)c2ccccc2)CC1. The lowest BCUT2D eigenvalue weighted by Crippen LogP contribution is -2.54. The van der Waals surface area contributed by atoms with Gasteiger partial charge >= 0.3 is 0 Å². The van der Waals surface area contributed by atoms with Gasteiger partial charge in [0, 0.05) is 16.9 Å². The molecule has 0 bridgehead atoms. The Morgan fingerprint density at radius 1 is 0.667 bits per heavy atom. The largest absolute Gasteiger partial charge is 0.313 e. The van der Waals surface area contributed by atoms with E-state index in [9.17, 15) is 0 Å². The maximum Gasteiger partial charge on any atom is 0.0463 e. The topological polar surface area (TPSA) is 15.3 Å². The Kier molecular flexibility index (Phi) is 10.7. The number of benzene rings is 4. The zero-order chi connectivity index (χ0) is 29.1. The van der Waals surface area contributed by atoms with E-state index < -0.39 is 0 Å². The zero-order valence-electron chi connectivity index (χ0n) is 25.8. The van der Waals surface area contributed by atoms with Crippen LogP contribution in [0, 0.1) is 0 Å². The quantitative estimate of drug-likeness (QED) is 0.123. The lowest BCUT2D eigenvalue weighted by molar-refractivity contribution is 0.120. The van der Waals surface area contributed by atoms with Crippen LogP contribution in [-0.4, -0.2) is 37.1 Å². The molecule has 1 N–H and O–H groups in total. The van der Waals surface area contributed by atoms with Gasteiger partial charge in [-0.15, -0.1) is 0 Å². The molecule has 1 unspecified atom stereocenters. The lowest BCUT2D eigenvalue weighted by Gasteiger charge is -2.48. The van der Waals surface area contributed by atoms with E-state index >= 15 is 0 Å². The highest BCUT2D eigenvalue weighted by Gasteiger charge is 2.43. The van der Waals surface area contributed by atoms with Crippen molar-refractivity contribution in [3.8, 4) is 0 Å².